The van der Waals surface area contributed by atoms with Gasteiger partial charge in [0.15, 0.2) is 0 Å². The van der Waals surface area contributed by atoms with E-state index in [4.69, 9.17) is 0 Å². The first-order valence-electron chi connectivity index (χ1n) is 8.75. The minimum atomic E-state index is -0.214. The molecule has 0 fully saturated rings. The van der Waals surface area contributed by atoms with Crippen LogP contribution in [0.25, 0.3) is 11.3 Å². The van der Waals surface area contributed by atoms with Crippen molar-refractivity contribution >= 4 is 11.4 Å². The van der Waals surface area contributed by atoms with Crippen LogP contribution in [0.4, 0.5) is 15.8 Å². The highest BCUT2D eigenvalue weighted by Crippen LogP contribution is 2.34. The van der Waals surface area contributed by atoms with E-state index in [1.807, 2.05) is 31.2 Å². The molecule has 4 nitrogen and oxygen atoms in total. The number of halogens is 1. The summed E-state index contributed by atoms with van der Waals surface area (Å²) in [5.74, 6) is -0.214. The predicted octanol–water partition coefficient (Wildman–Crippen LogP) is 4.17. The molecule has 132 valence electrons. The monoisotopic (exact) mass is 348 g/mol. The Balaban J connectivity index is 1.76. The highest BCUT2D eigenvalue weighted by atomic mass is 19.1. The first-order valence-corrected chi connectivity index (χ1v) is 8.75. The van der Waals surface area contributed by atoms with Crippen molar-refractivity contribution in [2.45, 2.75) is 13.5 Å². The summed E-state index contributed by atoms with van der Waals surface area (Å²) in [6.45, 7) is 4.59. The van der Waals surface area contributed by atoms with Crippen molar-refractivity contribution in [2.24, 2.45) is 0 Å². The van der Waals surface area contributed by atoms with E-state index in [1.54, 1.807) is 0 Å². The van der Waals surface area contributed by atoms with Crippen molar-refractivity contribution < 1.29 is 4.39 Å². The first-order chi connectivity index (χ1) is 12.6. The van der Waals surface area contributed by atoms with Crippen LogP contribution in [0.15, 0.2) is 54.6 Å². The van der Waals surface area contributed by atoms with E-state index in [-0.39, 0.29) is 5.82 Å². The van der Waals surface area contributed by atoms with Crippen LogP contribution in [0.2, 0.25) is 0 Å². The standard InChI is InChI=1S/C21H21FN4/c1-15-3-9-20(24-23-15)16-4-10-21-17(13-16)14-25(2)11-12-26(21)19-7-5-18(22)6-8-19/h3-10,13H,11-12,14H2,1-2H3. The number of benzene rings is 2. The normalized spacial score (nSPS) is 14.8. The zero-order valence-electron chi connectivity index (χ0n) is 15.0. The maximum atomic E-state index is 13.3. The number of aryl methyl sites for hydroxylation is 1. The van der Waals surface area contributed by atoms with Gasteiger partial charge in [0.1, 0.15) is 5.82 Å². The van der Waals surface area contributed by atoms with E-state index in [9.17, 15) is 4.39 Å². The van der Waals surface area contributed by atoms with Gasteiger partial charge in [-0.15, -0.1) is 0 Å². The van der Waals surface area contributed by atoms with Crippen LogP contribution in [-0.2, 0) is 6.54 Å². The molecule has 0 aliphatic carbocycles. The van der Waals surface area contributed by atoms with Gasteiger partial charge < -0.3 is 9.80 Å². The second-order valence-corrected chi connectivity index (χ2v) is 6.77. The molecule has 5 heteroatoms. The summed E-state index contributed by atoms with van der Waals surface area (Å²) < 4.78 is 13.3. The second kappa shape index (κ2) is 6.84. The van der Waals surface area contributed by atoms with Gasteiger partial charge >= 0.3 is 0 Å². The maximum absolute atomic E-state index is 13.3. The lowest BCUT2D eigenvalue weighted by atomic mass is 10.0. The summed E-state index contributed by atoms with van der Waals surface area (Å²) in [7, 11) is 2.12. The smallest absolute Gasteiger partial charge is 0.123 e. The Morgan fingerprint density at radius 3 is 2.46 bits per heavy atom. The van der Waals surface area contributed by atoms with E-state index in [2.05, 4.69) is 45.2 Å². The van der Waals surface area contributed by atoms with Crippen LogP contribution in [0.3, 0.4) is 0 Å². The Bertz CT molecular complexity index is 906. The van der Waals surface area contributed by atoms with Gasteiger partial charge in [-0.25, -0.2) is 4.39 Å². The van der Waals surface area contributed by atoms with Gasteiger partial charge in [-0.1, -0.05) is 6.07 Å². The summed E-state index contributed by atoms with van der Waals surface area (Å²) in [5.41, 5.74) is 6.24. The van der Waals surface area contributed by atoms with Crippen LogP contribution in [-0.4, -0.2) is 35.2 Å². The van der Waals surface area contributed by atoms with Crippen LogP contribution in [0.1, 0.15) is 11.3 Å². The molecular weight excluding hydrogens is 327 g/mol. The number of likely N-dealkylation sites (N-methyl/N-ethyl adjacent to an activating group) is 1. The molecule has 1 aliphatic rings. The lowest BCUT2D eigenvalue weighted by Crippen LogP contribution is -2.26. The zero-order valence-corrected chi connectivity index (χ0v) is 15.0. The molecule has 1 aliphatic heterocycles. The third-order valence-corrected chi connectivity index (χ3v) is 4.75. The van der Waals surface area contributed by atoms with Gasteiger partial charge in [0.25, 0.3) is 0 Å². The molecule has 0 radical (unpaired) electrons. The van der Waals surface area contributed by atoms with Crippen LogP contribution < -0.4 is 4.90 Å². The fraction of sp³-hybridized carbons (Fsp3) is 0.238. The number of anilines is 2. The molecule has 0 amide bonds. The Hall–Kier alpha value is -2.79. The van der Waals surface area contributed by atoms with E-state index in [0.29, 0.717) is 0 Å². The van der Waals surface area contributed by atoms with Gasteiger partial charge in [0.05, 0.1) is 11.4 Å². The van der Waals surface area contributed by atoms with Crippen LogP contribution >= 0.6 is 0 Å². The number of rotatable bonds is 2. The number of nitrogens with zero attached hydrogens (tertiary/aromatic N) is 4. The van der Waals surface area contributed by atoms with Crippen LogP contribution in [0.5, 0.6) is 0 Å². The molecule has 2 heterocycles. The zero-order chi connectivity index (χ0) is 18.1. The highest BCUT2D eigenvalue weighted by Gasteiger charge is 2.20. The van der Waals surface area contributed by atoms with E-state index >= 15 is 0 Å². The SMILES string of the molecule is Cc1ccc(-c2ccc3c(c2)CN(C)CCN3c2ccc(F)cc2)nn1. The van der Waals surface area contributed by atoms with Crippen LogP contribution in [0, 0.1) is 12.7 Å². The summed E-state index contributed by atoms with van der Waals surface area (Å²) in [5, 5.41) is 8.47. The molecule has 2 aromatic carbocycles. The molecular formula is C21H21FN4. The van der Waals surface area contributed by atoms with Gasteiger partial charge in [0, 0.05) is 36.6 Å². The van der Waals surface area contributed by atoms with Crippen molar-refractivity contribution in [1.29, 1.82) is 0 Å². The van der Waals surface area contributed by atoms with Crippen molar-refractivity contribution in [2.75, 3.05) is 25.0 Å². The van der Waals surface area contributed by atoms with Crippen molar-refractivity contribution in [3.63, 3.8) is 0 Å². The van der Waals surface area contributed by atoms with Gasteiger partial charge in [0.2, 0.25) is 0 Å². The summed E-state index contributed by atoms with van der Waals surface area (Å²) in [6.07, 6.45) is 0. The molecule has 4 rings (SSSR count). The molecule has 0 saturated carbocycles. The minimum Gasteiger partial charge on any atom is -0.340 e. The quantitative estimate of drug-likeness (QED) is 0.696. The fourth-order valence-corrected chi connectivity index (χ4v) is 3.34. The second-order valence-electron chi connectivity index (χ2n) is 6.77. The molecule has 0 bridgehead atoms. The molecule has 26 heavy (non-hydrogen) atoms. The van der Waals surface area contributed by atoms with Gasteiger partial charge in [-0.3, -0.25) is 0 Å². The molecule has 3 aromatic rings. The van der Waals surface area contributed by atoms with E-state index in [0.717, 1.165) is 48.0 Å². The van der Waals surface area contributed by atoms with Crippen molar-refractivity contribution in [1.82, 2.24) is 15.1 Å². The predicted molar refractivity (Wildman–Crippen MR) is 102 cm³/mol. The molecule has 1 aromatic heterocycles. The average Bonchev–Trinajstić information content (AvgIpc) is 2.81. The summed E-state index contributed by atoms with van der Waals surface area (Å²) in [6, 6.07) is 17.1. The maximum Gasteiger partial charge on any atom is 0.123 e. The average molecular weight is 348 g/mol. The third kappa shape index (κ3) is 3.30. The lowest BCUT2D eigenvalue weighted by Gasteiger charge is -2.25. The van der Waals surface area contributed by atoms with Gasteiger partial charge in [-0.2, -0.15) is 10.2 Å². The molecule has 0 saturated heterocycles. The summed E-state index contributed by atoms with van der Waals surface area (Å²) in [4.78, 5) is 4.55. The lowest BCUT2D eigenvalue weighted by molar-refractivity contribution is 0.343. The minimum absolute atomic E-state index is 0.214. The molecule has 0 unspecified atom stereocenters. The fourth-order valence-electron chi connectivity index (χ4n) is 3.34. The van der Waals surface area contributed by atoms with E-state index < -0.39 is 0 Å². The topological polar surface area (TPSA) is 32.3 Å². The summed E-state index contributed by atoms with van der Waals surface area (Å²) >= 11 is 0. The molecule has 0 spiro atoms. The first kappa shape index (κ1) is 16.7. The number of fused-ring (bicyclic) bond motifs is 1. The Labute approximate surface area is 152 Å². The number of aromatic nitrogens is 2. The third-order valence-electron chi connectivity index (χ3n) is 4.75. The Morgan fingerprint density at radius 2 is 1.73 bits per heavy atom. The number of hydrogen-bond donors (Lipinski definition) is 0. The number of hydrogen-bond acceptors (Lipinski definition) is 4. The van der Waals surface area contributed by atoms with E-state index in [1.165, 1.54) is 17.7 Å². The van der Waals surface area contributed by atoms with Crippen molar-refractivity contribution in [3.05, 3.63) is 71.7 Å². The molecule has 0 N–H and O–H groups in total. The highest BCUT2D eigenvalue weighted by molar-refractivity contribution is 5.72. The molecule has 0 atom stereocenters. The Morgan fingerprint density at radius 1 is 0.923 bits per heavy atom. The Kier molecular flexibility index (Phi) is 4.39. The van der Waals surface area contributed by atoms with Gasteiger partial charge in [-0.05, 0) is 68.1 Å². The largest absolute Gasteiger partial charge is 0.340 e. The van der Waals surface area contributed by atoms with Crippen molar-refractivity contribution in [3.8, 4) is 11.3 Å².